The molecule has 1 saturated carbocycles. The average Bonchev–Trinajstić information content (AvgIpc) is 3.32. The third kappa shape index (κ3) is 5.87. The lowest BCUT2D eigenvalue weighted by atomic mass is 9.76. The summed E-state index contributed by atoms with van der Waals surface area (Å²) in [6.07, 6.45) is 8.11. The first-order chi connectivity index (χ1) is 16.5. The summed E-state index contributed by atoms with van der Waals surface area (Å²) in [5.41, 5.74) is 2.35. The van der Waals surface area contributed by atoms with Crippen LogP contribution in [0.2, 0.25) is 0 Å². The number of aryl methyl sites for hydroxylation is 1. The monoisotopic (exact) mass is 462 g/mol. The number of rotatable bonds is 9. The Morgan fingerprint density at radius 1 is 1.00 bits per heavy atom. The number of carboxylic acids is 1. The molecule has 2 aliphatic rings. The maximum atomic E-state index is 14.0. The fourth-order valence-corrected chi connectivity index (χ4v) is 5.89. The summed E-state index contributed by atoms with van der Waals surface area (Å²) < 4.78 is 0. The van der Waals surface area contributed by atoms with E-state index >= 15 is 0 Å². The predicted octanol–water partition coefficient (Wildman–Crippen LogP) is 4.97. The van der Waals surface area contributed by atoms with Crippen molar-refractivity contribution in [3.8, 4) is 0 Å². The summed E-state index contributed by atoms with van der Waals surface area (Å²) in [6, 6.07) is 19.8. The molecule has 1 heterocycles. The van der Waals surface area contributed by atoms with Gasteiger partial charge < -0.3 is 14.9 Å². The number of carboxylic acid groups (broad SMARTS) is 1. The van der Waals surface area contributed by atoms with Crippen molar-refractivity contribution in [3.05, 3.63) is 71.8 Å². The summed E-state index contributed by atoms with van der Waals surface area (Å²) in [5.74, 6) is -0.832. The molecule has 1 saturated heterocycles. The molecular formula is C29H38N2O3. The van der Waals surface area contributed by atoms with E-state index in [0.717, 1.165) is 50.6 Å². The van der Waals surface area contributed by atoms with Gasteiger partial charge in [0, 0.05) is 12.6 Å². The Morgan fingerprint density at radius 2 is 1.65 bits per heavy atom. The number of nitrogens with zero attached hydrogens (tertiary/aromatic N) is 2. The van der Waals surface area contributed by atoms with Gasteiger partial charge in [-0.05, 0) is 62.7 Å². The van der Waals surface area contributed by atoms with Crippen LogP contribution in [0.25, 0.3) is 0 Å². The minimum absolute atomic E-state index is 0.00526. The number of carbonyl (C=O) groups is 2. The third-order valence-corrected chi connectivity index (χ3v) is 7.84. The summed E-state index contributed by atoms with van der Waals surface area (Å²) in [5, 5.41) is 10.0. The SMILES string of the molecule is CN(CCCc1ccccc1)[C@H]1C[C@@H](C(=O)O)N(C(=O)C(c2ccccc2)C2CCCCC2)C1. The number of likely N-dealkylation sites (tertiary alicyclic amines) is 1. The molecular weight excluding hydrogens is 424 g/mol. The van der Waals surface area contributed by atoms with Crippen LogP contribution in [0.4, 0.5) is 0 Å². The van der Waals surface area contributed by atoms with E-state index in [0.29, 0.717) is 18.9 Å². The fraction of sp³-hybridized carbons (Fsp3) is 0.517. The number of amides is 1. The number of likely N-dealkylation sites (N-methyl/N-ethyl adjacent to an activating group) is 1. The highest BCUT2D eigenvalue weighted by atomic mass is 16.4. The molecule has 0 spiro atoms. The van der Waals surface area contributed by atoms with Crippen LogP contribution < -0.4 is 0 Å². The van der Waals surface area contributed by atoms with Gasteiger partial charge in [-0.1, -0.05) is 79.9 Å². The van der Waals surface area contributed by atoms with E-state index in [1.165, 1.54) is 12.0 Å². The van der Waals surface area contributed by atoms with Crippen LogP contribution in [0.15, 0.2) is 60.7 Å². The maximum Gasteiger partial charge on any atom is 0.326 e. The molecule has 0 radical (unpaired) electrons. The molecule has 1 aliphatic carbocycles. The van der Waals surface area contributed by atoms with Gasteiger partial charge in [0.1, 0.15) is 6.04 Å². The third-order valence-electron chi connectivity index (χ3n) is 7.84. The smallest absolute Gasteiger partial charge is 0.326 e. The van der Waals surface area contributed by atoms with Crippen molar-refractivity contribution in [2.24, 2.45) is 5.92 Å². The molecule has 3 atom stereocenters. The van der Waals surface area contributed by atoms with Gasteiger partial charge in [-0.3, -0.25) is 4.79 Å². The van der Waals surface area contributed by atoms with Gasteiger partial charge >= 0.3 is 5.97 Å². The molecule has 182 valence electrons. The Morgan fingerprint density at radius 3 is 2.29 bits per heavy atom. The van der Waals surface area contributed by atoms with E-state index < -0.39 is 12.0 Å². The van der Waals surface area contributed by atoms with Crippen molar-refractivity contribution >= 4 is 11.9 Å². The van der Waals surface area contributed by atoms with Crippen molar-refractivity contribution < 1.29 is 14.7 Å². The molecule has 5 nitrogen and oxygen atoms in total. The van der Waals surface area contributed by atoms with Crippen LogP contribution in [0.1, 0.15) is 62.0 Å². The summed E-state index contributed by atoms with van der Waals surface area (Å²) >= 11 is 0. The Labute approximate surface area is 203 Å². The molecule has 5 heteroatoms. The van der Waals surface area contributed by atoms with E-state index in [-0.39, 0.29) is 17.9 Å². The maximum absolute atomic E-state index is 14.0. The molecule has 0 bridgehead atoms. The summed E-state index contributed by atoms with van der Waals surface area (Å²) in [4.78, 5) is 30.1. The van der Waals surface area contributed by atoms with Gasteiger partial charge in [-0.25, -0.2) is 4.79 Å². The van der Waals surface area contributed by atoms with Gasteiger partial charge in [0.2, 0.25) is 5.91 Å². The molecule has 0 aromatic heterocycles. The lowest BCUT2D eigenvalue weighted by molar-refractivity contribution is -0.149. The van der Waals surface area contributed by atoms with Gasteiger partial charge in [0.05, 0.1) is 5.92 Å². The molecule has 34 heavy (non-hydrogen) atoms. The van der Waals surface area contributed by atoms with Crippen molar-refractivity contribution in [3.63, 3.8) is 0 Å². The quantitative estimate of drug-likeness (QED) is 0.572. The molecule has 2 aromatic rings. The number of aliphatic carboxylic acids is 1. The lowest BCUT2D eigenvalue weighted by Crippen LogP contribution is -2.45. The summed E-state index contributed by atoms with van der Waals surface area (Å²) in [7, 11) is 2.07. The van der Waals surface area contributed by atoms with Crippen LogP contribution >= 0.6 is 0 Å². The topological polar surface area (TPSA) is 60.9 Å². The van der Waals surface area contributed by atoms with E-state index in [1.54, 1.807) is 4.90 Å². The highest BCUT2D eigenvalue weighted by molar-refractivity contribution is 5.89. The van der Waals surface area contributed by atoms with Crippen LogP contribution in [0.3, 0.4) is 0 Å². The standard InChI is InChI=1S/C29H38N2O3/c1-30(19-11-14-22-12-5-2-6-13-22)25-20-26(29(33)34)31(21-25)28(32)27(23-15-7-3-8-16-23)24-17-9-4-10-18-24/h2-3,5-8,12-13,15-16,24-27H,4,9-11,14,17-21H2,1H3,(H,33,34)/t25-,26-,27?/m0/s1. The van der Waals surface area contributed by atoms with E-state index in [9.17, 15) is 14.7 Å². The number of carbonyl (C=O) groups excluding carboxylic acids is 1. The van der Waals surface area contributed by atoms with Crippen molar-refractivity contribution in [2.75, 3.05) is 20.1 Å². The molecule has 1 unspecified atom stereocenters. The van der Waals surface area contributed by atoms with Gasteiger partial charge in [0.15, 0.2) is 0 Å². The lowest BCUT2D eigenvalue weighted by Gasteiger charge is -2.34. The van der Waals surface area contributed by atoms with E-state index in [4.69, 9.17) is 0 Å². The van der Waals surface area contributed by atoms with Gasteiger partial charge in [-0.2, -0.15) is 0 Å². The largest absolute Gasteiger partial charge is 0.480 e. The Kier molecular flexibility index (Phi) is 8.39. The molecule has 2 fully saturated rings. The first-order valence-corrected chi connectivity index (χ1v) is 12.9. The van der Waals surface area contributed by atoms with Crippen molar-refractivity contribution in [1.29, 1.82) is 0 Å². The zero-order chi connectivity index (χ0) is 23.9. The van der Waals surface area contributed by atoms with Gasteiger partial charge in [-0.15, -0.1) is 0 Å². The molecule has 1 amide bonds. The average molecular weight is 463 g/mol. The number of benzene rings is 2. The predicted molar refractivity (Wildman–Crippen MR) is 135 cm³/mol. The number of hydrogen-bond donors (Lipinski definition) is 1. The van der Waals surface area contributed by atoms with Gasteiger partial charge in [0.25, 0.3) is 0 Å². The Bertz CT molecular complexity index is 927. The highest BCUT2D eigenvalue weighted by Crippen LogP contribution is 2.39. The zero-order valence-electron chi connectivity index (χ0n) is 20.3. The first-order valence-electron chi connectivity index (χ1n) is 12.9. The van der Waals surface area contributed by atoms with Crippen LogP contribution in [-0.4, -0.2) is 59.0 Å². The van der Waals surface area contributed by atoms with Crippen molar-refractivity contribution in [2.45, 2.75) is 69.4 Å². The normalized spacial score (nSPS) is 22.1. The minimum Gasteiger partial charge on any atom is -0.480 e. The Balaban J connectivity index is 1.46. The Hall–Kier alpha value is -2.66. The second kappa shape index (κ2) is 11.7. The fourth-order valence-electron chi connectivity index (χ4n) is 5.89. The van der Waals surface area contributed by atoms with E-state index in [2.05, 4.69) is 36.2 Å². The molecule has 1 N–H and O–H groups in total. The minimum atomic E-state index is -0.885. The van der Waals surface area contributed by atoms with Crippen LogP contribution in [0.5, 0.6) is 0 Å². The second-order valence-corrected chi connectivity index (χ2v) is 10.1. The second-order valence-electron chi connectivity index (χ2n) is 10.1. The van der Waals surface area contributed by atoms with Crippen molar-refractivity contribution in [1.82, 2.24) is 9.80 Å². The van der Waals surface area contributed by atoms with E-state index in [1.807, 2.05) is 36.4 Å². The zero-order valence-corrected chi connectivity index (χ0v) is 20.3. The molecule has 2 aromatic carbocycles. The van der Waals surface area contributed by atoms with Crippen LogP contribution in [0, 0.1) is 5.92 Å². The highest BCUT2D eigenvalue weighted by Gasteiger charge is 2.44. The molecule has 1 aliphatic heterocycles. The summed E-state index contributed by atoms with van der Waals surface area (Å²) in [6.45, 7) is 1.38. The van der Waals surface area contributed by atoms with Crippen LogP contribution in [-0.2, 0) is 16.0 Å². The first kappa shape index (κ1) is 24.5. The number of hydrogen-bond acceptors (Lipinski definition) is 3. The molecule has 4 rings (SSSR count).